The Bertz CT molecular complexity index is 938. The molecular weight excluding hydrogens is 335 g/mol. The number of hydrogen-bond acceptors (Lipinski definition) is 3. The summed E-state index contributed by atoms with van der Waals surface area (Å²) in [6.07, 6.45) is 9.88. The minimum atomic E-state index is -0.284. The standard InChI is InChI=1S/C20H21FN2OS/c21-17-11-7-6-10-15(17)16-12-25-19-18(16)22-13-23(20(19)24)14-8-4-2-1-3-5-9-14/h6-7,10-14H,1-5,8-9H2. The van der Waals surface area contributed by atoms with Crippen LogP contribution in [0.25, 0.3) is 21.3 Å². The van der Waals surface area contributed by atoms with Crippen LogP contribution in [0.4, 0.5) is 4.39 Å². The molecule has 0 spiro atoms. The summed E-state index contributed by atoms with van der Waals surface area (Å²) in [6.45, 7) is 0. The van der Waals surface area contributed by atoms with Crippen molar-refractivity contribution in [2.24, 2.45) is 0 Å². The monoisotopic (exact) mass is 356 g/mol. The Morgan fingerprint density at radius 3 is 2.52 bits per heavy atom. The number of halogens is 1. The first kappa shape index (κ1) is 16.5. The molecule has 25 heavy (non-hydrogen) atoms. The molecule has 5 heteroatoms. The summed E-state index contributed by atoms with van der Waals surface area (Å²) < 4.78 is 16.6. The number of nitrogens with zero attached hydrogens (tertiary/aromatic N) is 2. The van der Waals surface area contributed by atoms with Crippen LogP contribution in [0, 0.1) is 5.82 Å². The highest BCUT2D eigenvalue weighted by Crippen LogP contribution is 2.33. The van der Waals surface area contributed by atoms with Crippen LogP contribution in [0.15, 0.2) is 40.8 Å². The first-order valence-corrected chi connectivity index (χ1v) is 9.87. The minimum Gasteiger partial charge on any atom is -0.295 e. The minimum absolute atomic E-state index is 0.0168. The van der Waals surface area contributed by atoms with Crippen molar-refractivity contribution in [3.63, 3.8) is 0 Å². The third kappa shape index (κ3) is 3.13. The predicted molar refractivity (Wildman–Crippen MR) is 101 cm³/mol. The first-order valence-electron chi connectivity index (χ1n) is 8.99. The molecule has 0 amide bonds. The van der Waals surface area contributed by atoms with Gasteiger partial charge in [-0.2, -0.15) is 0 Å². The molecule has 0 atom stereocenters. The van der Waals surface area contributed by atoms with Gasteiger partial charge in [-0.1, -0.05) is 50.3 Å². The zero-order valence-corrected chi connectivity index (χ0v) is 14.9. The van der Waals surface area contributed by atoms with Crippen molar-refractivity contribution in [1.29, 1.82) is 0 Å². The third-order valence-corrected chi connectivity index (χ3v) is 6.09. The van der Waals surface area contributed by atoms with Crippen molar-refractivity contribution in [2.45, 2.75) is 51.0 Å². The Balaban J connectivity index is 1.77. The molecule has 130 valence electrons. The molecule has 1 fully saturated rings. The zero-order valence-electron chi connectivity index (χ0n) is 14.1. The van der Waals surface area contributed by atoms with Crippen molar-refractivity contribution in [3.05, 3.63) is 52.1 Å². The van der Waals surface area contributed by atoms with Crippen molar-refractivity contribution >= 4 is 21.6 Å². The van der Waals surface area contributed by atoms with Gasteiger partial charge in [0, 0.05) is 22.5 Å². The van der Waals surface area contributed by atoms with E-state index in [2.05, 4.69) is 4.98 Å². The topological polar surface area (TPSA) is 34.9 Å². The number of hydrogen-bond donors (Lipinski definition) is 0. The van der Waals surface area contributed by atoms with Crippen LogP contribution in [0.3, 0.4) is 0 Å². The first-order chi connectivity index (χ1) is 12.3. The Kier molecular flexibility index (Phi) is 4.66. The second-order valence-electron chi connectivity index (χ2n) is 6.76. The fourth-order valence-electron chi connectivity index (χ4n) is 3.76. The molecule has 0 unspecified atom stereocenters. The van der Waals surface area contributed by atoms with E-state index in [4.69, 9.17) is 0 Å². The maximum atomic E-state index is 14.1. The normalized spacial score (nSPS) is 16.7. The molecule has 0 saturated heterocycles. The highest BCUT2D eigenvalue weighted by atomic mass is 32.1. The highest BCUT2D eigenvalue weighted by molar-refractivity contribution is 7.17. The molecule has 1 aliphatic carbocycles. The lowest BCUT2D eigenvalue weighted by Gasteiger charge is -2.21. The number of rotatable bonds is 2. The maximum Gasteiger partial charge on any atom is 0.271 e. The summed E-state index contributed by atoms with van der Waals surface area (Å²) in [6, 6.07) is 6.89. The average Bonchev–Trinajstić information content (AvgIpc) is 3.01. The van der Waals surface area contributed by atoms with Gasteiger partial charge in [-0.05, 0) is 18.9 Å². The van der Waals surface area contributed by atoms with E-state index in [0.29, 0.717) is 21.3 Å². The predicted octanol–water partition coefficient (Wildman–Crippen LogP) is 5.55. The van der Waals surface area contributed by atoms with Crippen LogP contribution < -0.4 is 5.56 Å². The van der Waals surface area contributed by atoms with Crippen LogP contribution in [0.5, 0.6) is 0 Å². The summed E-state index contributed by atoms with van der Waals surface area (Å²) in [5, 5.41) is 1.85. The van der Waals surface area contributed by atoms with Crippen molar-refractivity contribution in [3.8, 4) is 11.1 Å². The van der Waals surface area contributed by atoms with Gasteiger partial charge in [0.25, 0.3) is 5.56 Å². The van der Waals surface area contributed by atoms with E-state index in [1.165, 1.54) is 49.5 Å². The fourth-order valence-corrected chi connectivity index (χ4v) is 4.72. The van der Waals surface area contributed by atoms with Gasteiger partial charge in [0.05, 0.1) is 11.8 Å². The lowest BCUT2D eigenvalue weighted by atomic mass is 9.96. The molecule has 3 nitrogen and oxygen atoms in total. The zero-order chi connectivity index (χ0) is 17.2. The lowest BCUT2D eigenvalue weighted by molar-refractivity contribution is 0.364. The van der Waals surface area contributed by atoms with Gasteiger partial charge in [0.2, 0.25) is 0 Å². The SMILES string of the molecule is O=c1c2scc(-c3ccccc3F)c2ncn1C1CCCCCCC1. The van der Waals surface area contributed by atoms with E-state index in [-0.39, 0.29) is 17.4 Å². The summed E-state index contributed by atoms with van der Waals surface area (Å²) >= 11 is 1.37. The summed E-state index contributed by atoms with van der Waals surface area (Å²) in [4.78, 5) is 17.6. The largest absolute Gasteiger partial charge is 0.295 e. The fraction of sp³-hybridized carbons (Fsp3) is 0.400. The molecule has 4 rings (SSSR count). The number of aromatic nitrogens is 2. The van der Waals surface area contributed by atoms with Gasteiger partial charge in [0.1, 0.15) is 10.5 Å². The Hall–Kier alpha value is -2.01. The molecular formula is C20H21FN2OS. The van der Waals surface area contributed by atoms with Crippen molar-refractivity contribution < 1.29 is 4.39 Å². The number of benzene rings is 1. The number of thiophene rings is 1. The smallest absolute Gasteiger partial charge is 0.271 e. The highest BCUT2D eigenvalue weighted by Gasteiger charge is 2.19. The second kappa shape index (κ2) is 7.08. The van der Waals surface area contributed by atoms with E-state index in [0.717, 1.165) is 12.8 Å². The van der Waals surface area contributed by atoms with Gasteiger partial charge in [-0.15, -0.1) is 11.3 Å². The summed E-state index contributed by atoms with van der Waals surface area (Å²) in [5.41, 5.74) is 1.84. The van der Waals surface area contributed by atoms with Gasteiger partial charge >= 0.3 is 0 Å². The maximum absolute atomic E-state index is 14.1. The van der Waals surface area contributed by atoms with E-state index in [1.54, 1.807) is 24.5 Å². The molecule has 0 bridgehead atoms. The molecule has 0 N–H and O–H groups in total. The molecule has 2 heterocycles. The van der Waals surface area contributed by atoms with E-state index < -0.39 is 0 Å². The van der Waals surface area contributed by atoms with Crippen LogP contribution >= 0.6 is 11.3 Å². The molecule has 3 aromatic rings. The number of fused-ring (bicyclic) bond motifs is 1. The van der Waals surface area contributed by atoms with Crippen LogP contribution in [-0.4, -0.2) is 9.55 Å². The van der Waals surface area contributed by atoms with E-state index in [9.17, 15) is 9.18 Å². The Labute approximate surface area is 150 Å². The quantitative estimate of drug-likeness (QED) is 0.603. The van der Waals surface area contributed by atoms with E-state index >= 15 is 0 Å². The van der Waals surface area contributed by atoms with Crippen LogP contribution in [-0.2, 0) is 0 Å². The van der Waals surface area contributed by atoms with Gasteiger partial charge in [-0.25, -0.2) is 9.37 Å². The molecule has 1 saturated carbocycles. The molecule has 0 aliphatic heterocycles. The third-order valence-electron chi connectivity index (χ3n) is 5.14. The molecule has 1 aromatic carbocycles. The van der Waals surface area contributed by atoms with E-state index in [1.807, 2.05) is 9.95 Å². The van der Waals surface area contributed by atoms with Crippen molar-refractivity contribution in [1.82, 2.24) is 9.55 Å². The van der Waals surface area contributed by atoms with Crippen molar-refractivity contribution in [2.75, 3.05) is 0 Å². The molecule has 0 radical (unpaired) electrons. The average molecular weight is 356 g/mol. The lowest BCUT2D eigenvalue weighted by Crippen LogP contribution is -2.25. The van der Waals surface area contributed by atoms with Gasteiger partial charge in [0.15, 0.2) is 0 Å². The Morgan fingerprint density at radius 1 is 1.04 bits per heavy atom. The van der Waals surface area contributed by atoms with Crippen LogP contribution in [0.2, 0.25) is 0 Å². The summed E-state index contributed by atoms with van der Waals surface area (Å²) in [5.74, 6) is -0.284. The summed E-state index contributed by atoms with van der Waals surface area (Å²) in [7, 11) is 0. The van der Waals surface area contributed by atoms with Crippen LogP contribution in [0.1, 0.15) is 51.0 Å². The van der Waals surface area contributed by atoms with Gasteiger partial charge < -0.3 is 0 Å². The molecule has 2 aromatic heterocycles. The second-order valence-corrected chi connectivity index (χ2v) is 7.64. The van der Waals surface area contributed by atoms with Gasteiger partial charge in [-0.3, -0.25) is 9.36 Å². The molecule has 1 aliphatic rings. The Morgan fingerprint density at radius 2 is 1.76 bits per heavy atom.